The van der Waals surface area contributed by atoms with Crippen LogP contribution in [0.25, 0.3) is 0 Å². The lowest BCUT2D eigenvalue weighted by molar-refractivity contribution is -0.117. The Labute approximate surface area is 118 Å². The Morgan fingerprint density at radius 3 is 2.90 bits per heavy atom. The quantitative estimate of drug-likeness (QED) is 0.737. The third-order valence-corrected chi connectivity index (χ3v) is 4.88. The molecule has 0 saturated heterocycles. The van der Waals surface area contributed by atoms with Crippen LogP contribution in [0.2, 0.25) is 0 Å². The van der Waals surface area contributed by atoms with Crippen molar-refractivity contribution in [1.82, 2.24) is 4.72 Å². The fraction of sp³-hybridized carbons (Fsp3) is 0.462. The maximum atomic E-state index is 12.3. The normalized spacial score (nSPS) is 14.4. The van der Waals surface area contributed by atoms with Gasteiger partial charge in [0.15, 0.2) is 0 Å². The predicted molar refractivity (Wildman–Crippen MR) is 77.0 cm³/mol. The van der Waals surface area contributed by atoms with Crippen LogP contribution in [0.5, 0.6) is 0 Å². The van der Waals surface area contributed by atoms with Gasteiger partial charge in [-0.25, -0.2) is 13.1 Å². The van der Waals surface area contributed by atoms with Gasteiger partial charge in [-0.05, 0) is 37.0 Å². The zero-order chi connectivity index (χ0) is 14.8. The minimum absolute atomic E-state index is 0.00840. The maximum Gasteiger partial charge on any atom is 0.240 e. The fourth-order valence-electron chi connectivity index (χ4n) is 2.36. The molecule has 7 heteroatoms. The van der Waals surface area contributed by atoms with Crippen molar-refractivity contribution in [1.29, 1.82) is 0 Å². The highest BCUT2D eigenvalue weighted by molar-refractivity contribution is 7.89. The van der Waals surface area contributed by atoms with E-state index in [2.05, 4.69) is 10.0 Å². The largest absolute Gasteiger partial charge is 0.385 e. The molecule has 0 spiro atoms. The van der Waals surface area contributed by atoms with Gasteiger partial charge in [-0.2, -0.15) is 0 Å². The second kappa shape index (κ2) is 5.80. The highest BCUT2D eigenvalue weighted by atomic mass is 32.2. The Kier molecular flexibility index (Phi) is 4.29. The van der Waals surface area contributed by atoms with E-state index < -0.39 is 15.9 Å². The van der Waals surface area contributed by atoms with Crippen molar-refractivity contribution < 1.29 is 13.2 Å². The molecule has 20 heavy (non-hydrogen) atoms. The van der Waals surface area contributed by atoms with Crippen molar-refractivity contribution >= 4 is 21.6 Å². The van der Waals surface area contributed by atoms with Crippen LogP contribution in [0, 0.1) is 6.92 Å². The van der Waals surface area contributed by atoms with E-state index in [4.69, 9.17) is 5.73 Å². The average molecular weight is 297 g/mol. The number of sulfonamides is 1. The predicted octanol–water partition coefficient (Wildman–Crippen LogP) is 0.507. The first-order valence-electron chi connectivity index (χ1n) is 6.56. The Morgan fingerprint density at radius 2 is 2.20 bits per heavy atom. The minimum atomic E-state index is -3.61. The number of carbonyl (C=O) groups excluding carboxylic acids is 1. The highest BCUT2D eigenvalue weighted by Crippen LogP contribution is 2.31. The first-order valence-corrected chi connectivity index (χ1v) is 8.04. The van der Waals surface area contributed by atoms with E-state index >= 15 is 0 Å². The number of fused-ring (bicyclic) bond motifs is 1. The van der Waals surface area contributed by atoms with Gasteiger partial charge in [-0.15, -0.1) is 0 Å². The molecular weight excluding hydrogens is 278 g/mol. The summed E-state index contributed by atoms with van der Waals surface area (Å²) in [4.78, 5) is 11.0. The standard InChI is InChI=1S/C13H19N3O3S/c1-9-4-5-11(10-3-2-7-15-13(9)10)20(18,19)16-8-6-12(14)17/h4-5,15-16H,2-3,6-8H2,1H3,(H2,14,17). The number of hydrogen-bond donors (Lipinski definition) is 3. The molecule has 2 rings (SSSR count). The molecule has 1 heterocycles. The van der Waals surface area contributed by atoms with Gasteiger partial charge >= 0.3 is 0 Å². The molecule has 0 aliphatic carbocycles. The number of nitrogens with two attached hydrogens (primary N) is 1. The van der Waals surface area contributed by atoms with Gasteiger partial charge in [0.2, 0.25) is 15.9 Å². The third kappa shape index (κ3) is 3.10. The first kappa shape index (κ1) is 14.8. The molecule has 1 aromatic rings. The summed E-state index contributed by atoms with van der Waals surface area (Å²) in [7, 11) is -3.61. The summed E-state index contributed by atoms with van der Waals surface area (Å²) >= 11 is 0. The molecule has 1 aliphatic heterocycles. The van der Waals surface area contributed by atoms with Gasteiger partial charge in [0.05, 0.1) is 4.90 Å². The lowest BCUT2D eigenvalue weighted by Crippen LogP contribution is -2.29. The summed E-state index contributed by atoms with van der Waals surface area (Å²) in [5.74, 6) is -0.527. The summed E-state index contributed by atoms with van der Waals surface area (Å²) in [5.41, 5.74) is 7.78. The zero-order valence-corrected chi connectivity index (χ0v) is 12.2. The number of aryl methyl sites for hydroxylation is 1. The number of rotatable bonds is 5. The Hall–Kier alpha value is -1.60. The van der Waals surface area contributed by atoms with Crippen LogP contribution in [-0.4, -0.2) is 27.4 Å². The van der Waals surface area contributed by atoms with E-state index in [0.29, 0.717) is 0 Å². The fourth-order valence-corrected chi connectivity index (χ4v) is 3.66. The van der Waals surface area contributed by atoms with Crippen LogP contribution >= 0.6 is 0 Å². The molecule has 0 unspecified atom stereocenters. The van der Waals surface area contributed by atoms with Gasteiger partial charge in [0, 0.05) is 25.2 Å². The minimum Gasteiger partial charge on any atom is -0.385 e. The van der Waals surface area contributed by atoms with Crippen LogP contribution in [0.4, 0.5) is 5.69 Å². The second-order valence-electron chi connectivity index (χ2n) is 4.88. The molecule has 0 radical (unpaired) electrons. The molecule has 0 saturated carbocycles. The van der Waals surface area contributed by atoms with Gasteiger partial charge in [0.1, 0.15) is 0 Å². The average Bonchev–Trinajstić information content (AvgIpc) is 2.38. The molecule has 110 valence electrons. The molecule has 0 bridgehead atoms. The van der Waals surface area contributed by atoms with Crippen molar-refractivity contribution in [3.63, 3.8) is 0 Å². The molecule has 0 aromatic heterocycles. The highest BCUT2D eigenvalue weighted by Gasteiger charge is 2.23. The Morgan fingerprint density at radius 1 is 1.45 bits per heavy atom. The smallest absolute Gasteiger partial charge is 0.240 e. The van der Waals surface area contributed by atoms with Crippen molar-refractivity contribution in [2.75, 3.05) is 18.4 Å². The molecule has 0 atom stereocenters. The number of amides is 1. The molecule has 4 N–H and O–H groups in total. The SMILES string of the molecule is Cc1ccc(S(=O)(=O)NCCC(N)=O)c2c1NCCC2. The van der Waals surface area contributed by atoms with Crippen LogP contribution in [-0.2, 0) is 21.2 Å². The van der Waals surface area contributed by atoms with E-state index in [0.717, 1.165) is 36.2 Å². The Balaban J connectivity index is 2.30. The van der Waals surface area contributed by atoms with Crippen LogP contribution < -0.4 is 15.8 Å². The van der Waals surface area contributed by atoms with Gasteiger partial charge in [-0.3, -0.25) is 4.79 Å². The number of carbonyl (C=O) groups is 1. The monoisotopic (exact) mass is 297 g/mol. The van der Waals surface area contributed by atoms with Gasteiger partial charge in [-0.1, -0.05) is 6.07 Å². The Bertz CT molecular complexity index is 626. The molecule has 1 aliphatic rings. The van der Waals surface area contributed by atoms with Gasteiger partial charge in [0.25, 0.3) is 0 Å². The lowest BCUT2D eigenvalue weighted by Gasteiger charge is -2.23. The van der Waals surface area contributed by atoms with Crippen molar-refractivity contribution in [3.05, 3.63) is 23.3 Å². The van der Waals surface area contributed by atoms with Crippen molar-refractivity contribution in [2.24, 2.45) is 5.73 Å². The summed E-state index contributed by atoms with van der Waals surface area (Å²) in [6.07, 6.45) is 1.63. The number of primary amides is 1. The van der Waals surface area contributed by atoms with E-state index in [1.807, 2.05) is 6.92 Å². The second-order valence-corrected chi connectivity index (χ2v) is 6.61. The zero-order valence-electron chi connectivity index (χ0n) is 11.4. The summed E-state index contributed by atoms with van der Waals surface area (Å²) in [6.45, 7) is 2.83. The first-order chi connectivity index (χ1) is 9.42. The maximum absolute atomic E-state index is 12.3. The topological polar surface area (TPSA) is 101 Å². The molecule has 1 aromatic carbocycles. The number of nitrogens with one attached hydrogen (secondary N) is 2. The summed E-state index contributed by atoms with van der Waals surface area (Å²) in [6, 6.07) is 3.41. The van der Waals surface area contributed by atoms with E-state index in [-0.39, 0.29) is 17.9 Å². The number of hydrogen-bond acceptors (Lipinski definition) is 4. The molecule has 1 amide bonds. The van der Waals surface area contributed by atoms with Crippen LogP contribution in [0.3, 0.4) is 0 Å². The molecule has 6 nitrogen and oxygen atoms in total. The van der Waals surface area contributed by atoms with E-state index in [1.165, 1.54) is 0 Å². The lowest BCUT2D eigenvalue weighted by atomic mass is 10.00. The third-order valence-electron chi connectivity index (χ3n) is 3.34. The van der Waals surface area contributed by atoms with Crippen LogP contribution in [0.15, 0.2) is 17.0 Å². The van der Waals surface area contributed by atoms with Crippen molar-refractivity contribution in [2.45, 2.75) is 31.1 Å². The van der Waals surface area contributed by atoms with Crippen molar-refractivity contribution in [3.8, 4) is 0 Å². The van der Waals surface area contributed by atoms with Gasteiger partial charge < -0.3 is 11.1 Å². The summed E-state index contributed by atoms with van der Waals surface area (Å²) in [5, 5.41) is 3.25. The molecular formula is C13H19N3O3S. The van der Waals surface area contributed by atoms with E-state index in [1.54, 1.807) is 12.1 Å². The number of anilines is 1. The van der Waals surface area contributed by atoms with Crippen LogP contribution in [0.1, 0.15) is 24.0 Å². The number of benzene rings is 1. The molecule has 0 fully saturated rings. The van der Waals surface area contributed by atoms with E-state index in [9.17, 15) is 13.2 Å². The summed E-state index contributed by atoms with van der Waals surface area (Å²) < 4.78 is 27.0.